The van der Waals surface area contributed by atoms with Gasteiger partial charge in [0, 0.05) is 4.47 Å². The van der Waals surface area contributed by atoms with Gasteiger partial charge in [0.1, 0.15) is 5.38 Å². The van der Waals surface area contributed by atoms with Gasteiger partial charge in [-0.1, -0.05) is 23.7 Å². The third-order valence-electron chi connectivity index (χ3n) is 2.39. The highest BCUT2D eigenvalue weighted by Gasteiger charge is 2.42. The van der Waals surface area contributed by atoms with Gasteiger partial charge in [-0.25, -0.2) is 0 Å². The molecule has 0 saturated carbocycles. The van der Waals surface area contributed by atoms with Crippen molar-refractivity contribution in [3.05, 3.63) is 33.3 Å². The van der Waals surface area contributed by atoms with Crippen LogP contribution < -0.4 is 5.32 Å². The Kier molecular flexibility index (Phi) is 3.24. The lowest BCUT2D eigenvalue weighted by atomic mass is 9.97. The molecule has 6 heteroatoms. The van der Waals surface area contributed by atoms with E-state index in [1.807, 2.05) is 0 Å². The normalized spacial score (nSPS) is 24.7. The number of hydrogen-bond donors (Lipinski definition) is 1. The molecule has 2 unspecified atom stereocenters. The number of hydrogen-bond acceptors (Lipinski definition) is 2. The molecule has 2 amide bonds. The molecular formula is C10H6BrCl2NO2. The summed E-state index contributed by atoms with van der Waals surface area (Å²) in [5, 5.41) is 1.78. The maximum Gasteiger partial charge on any atom is 0.245 e. The molecule has 1 fully saturated rings. The highest BCUT2D eigenvalue weighted by molar-refractivity contribution is 9.10. The van der Waals surface area contributed by atoms with Crippen molar-refractivity contribution < 1.29 is 9.59 Å². The second kappa shape index (κ2) is 4.35. The molecule has 0 bridgehead atoms. The molecule has 2 rings (SSSR count). The zero-order valence-electron chi connectivity index (χ0n) is 7.84. The Morgan fingerprint density at radius 3 is 2.50 bits per heavy atom. The molecule has 1 aliphatic rings. The summed E-state index contributed by atoms with van der Waals surface area (Å²) in [4.78, 5) is 22.8. The molecule has 84 valence electrons. The topological polar surface area (TPSA) is 46.2 Å². The fourth-order valence-electron chi connectivity index (χ4n) is 1.61. The van der Waals surface area contributed by atoms with Gasteiger partial charge in [-0.3, -0.25) is 14.9 Å². The van der Waals surface area contributed by atoms with Crippen LogP contribution in [0.4, 0.5) is 0 Å². The Balaban J connectivity index is 2.48. The van der Waals surface area contributed by atoms with Crippen LogP contribution in [0.1, 0.15) is 11.5 Å². The number of rotatable bonds is 1. The minimum Gasteiger partial charge on any atom is -0.295 e. The van der Waals surface area contributed by atoms with Crippen molar-refractivity contribution in [3.8, 4) is 0 Å². The molecule has 1 aromatic carbocycles. The predicted octanol–water partition coefficient (Wildman–Crippen LogP) is 2.45. The van der Waals surface area contributed by atoms with E-state index in [0.29, 0.717) is 15.1 Å². The van der Waals surface area contributed by atoms with Crippen LogP contribution in [0.3, 0.4) is 0 Å². The average molecular weight is 323 g/mol. The predicted molar refractivity (Wildman–Crippen MR) is 64.7 cm³/mol. The van der Waals surface area contributed by atoms with Crippen LogP contribution in [0.15, 0.2) is 22.7 Å². The van der Waals surface area contributed by atoms with E-state index in [4.69, 9.17) is 23.2 Å². The van der Waals surface area contributed by atoms with Gasteiger partial charge < -0.3 is 0 Å². The summed E-state index contributed by atoms with van der Waals surface area (Å²) in [5.74, 6) is -1.56. The number of imide groups is 1. The molecule has 1 saturated heterocycles. The van der Waals surface area contributed by atoms with Crippen molar-refractivity contribution in [3.63, 3.8) is 0 Å². The van der Waals surface area contributed by atoms with Crippen molar-refractivity contribution in [2.45, 2.75) is 11.3 Å². The van der Waals surface area contributed by atoms with E-state index in [1.54, 1.807) is 18.2 Å². The first-order chi connectivity index (χ1) is 7.52. The number of amides is 2. The summed E-state index contributed by atoms with van der Waals surface area (Å²) >= 11 is 15.1. The summed E-state index contributed by atoms with van der Waals surface area (Å²) in [6.07, 6.45) is 0. The van der Waals surface area contributed by atoms with Crippen molar-refractivity contribution in [1.82, 2.24) is 5.32 Å². The van der Waals surface area contributed by atoms with E-state index in [9.17, 15) is 9.59 Å². The second-order valence-corrected chi connectivity index (χ2v) is 5.05. The van der Waals surface area contributed by atoms with Gasteiger partial charge in [0.15, 0.2) is 0 Å². The maximum atomic E-state index is 11.6. The lowest BCUT2D eigenvalue weighted by molar-refractivity contribution is -0.125. The molecule has 1 aliphatic heterocycles. The first kappa shape index (κ1) is 11.9. The van der Waals surface area contributed by atoms with Crippen LogP contribution in [0, 0.1) is 0 Å². The SMILES string of the molecule is O=C1NC(=O)C(c2cccc(Cl)c2Br)C1Cl. The van der Waals surface area contributed by atoms with Gasteiger partial charge in [0.25, 0.3) is 0 Å². The third-order valence-corrected chi connectivity index (χ3v) is 4.27. The molecule has 0 spiro atoms. The molecule has 2 atom stereocenters. The van der Waals surface area contributed by atoms with E-state index >= 15 is 0 Å². The first-order valence-corrected chi connectivity index (χ1v) is 6.06. The summed E-state index contributed by atoms with van der Waals surface area (Å²) < 4.78 is 0.595. The Morgan fingerprint density at radius 1 is 1.25 bits per heavy atom. The van der Waals surface area contributed by atoms with Gasteiger partial charge in [-0.15, -0.1) is 11.6 Å². The summed E-state index contributed by atoms with van der Waals surface area (Å²) in [7, 11) is 0. The minimum absolute atomic E-state index is 0.395. The smallest absolute Gasteiger partial charge is 0.245 e. The van der Waals surface area contributed by atoms with Crippen LogP contribution >= 0.6 is 39.1 Å². The molecule has 1 aromatic rings. The van der Waals surface area contributed by atoms with Crippen LogP contribution in [-0.2, 0) is 9.59 Å². The van der Waals surface area contributed by atoms with E-state index < -0.39 is 23.1 Å². The molecule has 3 nitrogen and oxygen atoms in total. The van der Waals surface area contributed by atoms with Gasteiger partial charge in [0.2, 0.25) is 11.8 Å². The Hall–Kier alpha value is -0.580. The van der Waals surface area contributed by atoms with Crippen LogP contribution in [0.2, 0.25) is 5.02 Å². The van der Waals surface area contributed by atoms with Gasteiger partial charge in [-0.05, 0) is 27.6 Å². The molecule has 0 aliphatic carbocycles. The van der Waals surface area contributed by atoms with Crippen molar-refractivity contribution in [2.75, 3.05) is 0 Å². The van der Waals surface area contributed by atoms with Crippen molar-refractivity contribution >= 4 is 50.9 Å². The molecule has 1 heterocycles. The molecule has 0 aromatic heterocycles. The molecule has 1 N–H and O–H groups in total. The standard InChI is InChI=1S/C10H6BrCl2NO2/c11-7-4(2-1-3-5(7)12)6-8(13)10(16)14-9(6)15/h1-3,6,8H,(H,14,15,16). The van der Waals surface area contributed by atoms with E-state index in [0.717, 1.165) is 0 Å². The second-order valence-electron chi connectivity index (χ2n) is 3.38. The molecular weight excluding hydrogens is 317 g/mol. The fourth-order valence-corrected chi connectivity index (χ4v) is 2.61. The number of benzene rings is 1. The van der Waals surface area contributed by atoms with Gasteiger partial charge >= 0.3 is 0 Å². The highest BCUT2D eigenvalue weighted by atomic mass is 79.9. The average Bonchev–Trinajstić information content (AvgIpc) is 2.47. The van der Waals surface area contributed by atoms with Crippen LogP contribution in [-0.4, -0.2) is 17.2 Å². The fraction of sp³-hybridized carbons (Fsp3) is 0.200. The van der Waals surface area contributed by atoms with E-state index in [-0.39, 0.29) is 0 Å². The summed E-state index contributed by atoms with van der Waals surface area (Å²) in [5.41, 5.74) is 0.621. The highest BCUT2D eigenvalue weighted by Crippen LogP contribution is 2.36. The number of carbonyl (C=O) groups is 2. The van der Waals surface area contributed by atoms with E-state index in [2.05, 4.69) is 21.2 Å². The minimum atomic E-state index is -0.887. The van der Waals surface area contributed by atoms with Crippen LogP contribution in [0.5, 0.6) is 0 Å². The number of alkyl halides is 1. The van der Waals surface area contributed by atoms with E-state index in [1.165, 1.54) is 0 Å². The first-order valence-electron chi connectivity index (χ1n) is 4.45. The number of halogens is 3. The monoisotopic (exact) mass is 321 g/mol. The largest absolute Gasteiger partial charge is 0.295 e. The Bertz CT molecular complexity index is 478. The molecule has 0 radical (unpaired) electrons. The van der Waals surface area contributed by atoms with Crippen LogP contribution in [0.25, 0.3) is 0 Å². The third kappa shape index (κ3) is 1.85. The number of nitrogens with one attached hydrogen (secondary N) is 1. The summed E-state index contributed by atoms with van der Waals surface area (Å²) in [6, 6.07) is 5.11. The Morgan fingerprint density at radius 2 is 1.94 bits per heavy atom. The zero-order chi connectivity index (χ0) is 11.9. The van der Waals surface area contributed by atoms with Gasteiger partial charge in [-0.2, -0.15) is 0 Å². The van der Waals surface area contributed by atoms with Crippen molar-refractivity contribution in [1.29, 1.82) is 0 Å². The van der Waals surface area contributed by atoms with Crippen molar-refractivity contribution in [2.24, 2.45) is 0 Å². The number of carbonyl (C=O) groups excluding carboxylic acids is 2. The lowest BCUT2D eigenvalue weighted by Gasteiger charge is -2.12. The Labute approximate surface area is 110 Å². The summed E-state index contributed by atoms with van der Waals surface area (Å²) in [6.45, 7) is 0. The lowest BCUT2D eigenvalue weighted by Crippen LogP contribution is -2.22. The van der Waals surface area contributed by atoms with Gasteiger partial charge in [0.05, 0.1) is 10.9 Å². The zero-order valence-corrected chi connectivity index (χ0v) is 10.9. The maximum absolute atomic E-state index is 11.6. The quantitative estimate of drug-likeness (QED) is 0.637. The molecule has 16 heavy (non-hydrogen) atoms.